The summed E-state index contributed by atoms with van der Waals surface area (Å²) in [5.41, 5.74) is -0.0977. The number of aryl methyl sites for hydroxylation is 1. The molecule has 2 heterocycles. The van der Waals surface area contributed by atoms with Gasteiger partial charge in [-0.25, -0.2) is 9.07 Å². The molecule has 0 aliphatic carbocycles. The van der Waals surface area contributed by atoms with Crippen LogP contribution in [0.5, 0.6) is 0 Å². The van der Waals surface area contributed by atoms with Gasteiger partial charge in [-0.2, -0.15) is 13.2 Å². The number of alkyl halides is 4. The van der Waals surface area contributed by atoms with Crippen LogP contribution in [-0.2, 0) is 23.1 Å². The van der Waals surface area contributed by atoms with E-state index in [9.17, 15) is 17.6 Å². The average molecular weight is 478 g/mol. The molecular weight excluding hydrogens is 450 g/mol. The first-order valence-corrected chi connectivity index (χ1v) is 11.2. The lowest BCUT2D eigenvalue weighted by molar-refractivity contribution is -0.137. The van der Waals surface area contributed by atoms with E-state index in [1.54, 1.807) is 11.6 Å². The molecule has 2 aromatic carbocycles. The molecule has 0 spiro atoms. The maximum Gasteiger partial charge on any atom is 0.416 e. The van der Waals surface area contributed by atoms with Crippen molar-refractivity contribution in [2.24, 2.45) is 0 Å². The van der Waals surface area contributed by atoms with Crippen LogP contribution < -0.4 is 5.32 Å². The Hall–Kier alpha value is -2.85. The van der Waals surface area contributed by atoms with Gasteiger partial charge in [0.25, 0.3) is 0 Å². The Balaban J connectivity index is 1.54. The molecule has 0 amide bonds. The second kappa shape index (κ2) is 9.79. The highest BCUT2D eigenvalue weighted by Crippen LogP contribution is 2.37. The number of tetrazole rings is 1. The largest absolute Gasteiger partial charge is 0.416 e. The van der Waals surface area contributed by atoms with Gasteiger partial charge in [0.15, 0.2) is 0 Å². The van der Waals surface area contributed by atoms with Crippen molar-refractivity contribution in [3.05, 3.63) is 76.6 Å². The minimum Gasteiger partial charge on any atom is -0.372 e. The van der Waals surface area contributed by atoms with Crippen LogP contribution in [-0.4, -0.2) is 33.4 Å². The molecule has 10 heteroatoms. The fourth-order valence-corrected chi connectivity index (χ4v) is 4.47. The molecule has 1 N–H and O–H groups in total. The summed E-state index contributed by atoms with van der Waals surface area (Å²) in [4.78, 5) is 0. The molecule has 6 nitrogen and oxygen atoms in total. The number of halogens is 4. The molecule has 0 radical (unpaired) electrons. The lowest BCUT2D eigenvalue weighted by atomic mass is 9.81. The Kier molecular flexibility index (Phi) is 6.99. The summed E-state index contributed by atoms with van der Waals surface area (Å²) in [6.45, 7) is 3.41. The summed E-state index contributed by atoms with van der Waals surface area (Å²) >= 11 is 0. The van der Waals surface area contributed by atoms with Crippen molar-refractivity contribution in [1.82, 2.24) is 25.5 Å². The van der Waals surface area contributed by atoms with Gasteiger partial charge in [0.05, 0.1) is 29.9 Å². The SMILES string of the molecule is Cc1nnnn1[C@@H]1CC[C@@](COC(C)c2cc(CF)cc(C(F)(F)F)c2)(c2ccccc2)NC1. The number of piperidine rings is 1. The Morgan fingerprint density at radius 2 is 1.97 bits per heavy atom. The topological polar surface area (TPSA) is 64.9 Å². The zero-order valence-corrected chi connectivity index (χ0v) is 19.0. The van der Waals surface area contributed by atoms with Gasteiger partial charge in [-0.1, -0.05) is 36.4 Å². The first-order chi connectivity index (χ1) is 16.2. The second-order valence-electron chi connectivity index (χ2n) is 8.74. The van der Waals surface area contributed by atoms with Crippen molar-refractivity contribution in [3.8, 4) is 0 Å². The third-order valence-corrected chi connectivity index (χ3v) is 6.46. The molecule has 1 fully saturated rings. The summed E-state index contributed by atoms with van der Waals surface area (Å²) in [6.07, 6.45) is -3.71. The molecule has 1 aromatic heterocycles. The number of hydrogen-bond acceptors (Lipinski definition) is 5. The first-order valence-electron chi connectivity index (χ1n) is 11.2. The van der Waals surface area contributed by atoms with Gasteiger partial charge >= 0.3 is 6.18 Å². The molecule has 3 atom stereocenters. The normalized spacial score (nSPS) is 22.0. The van der Waals surface area contributed by atoms with Crippen LogP contribution in [0.25, 0.3) is 0 Å². The predicted molar refractivity (Wildman–Crippen MR) is 118 cm³/mol. The van der Waals surface area contributed by atoms with Crippen molar-refractivity contribution < 1.29 is 22.3 Å². The predicted octanol–water partition coefficient (Wildman–Crippen LogP) is 5.07. The van der Waals surface area contributed by atoms with E-state index in [0.29, 0.717) is 18.5 Å². The van der Waals surface area contributed by atoms with Gasteiger partial charge in [-0.15, -0.1) is 5.10 Å². The maximum atomic E-state index is 13.3. The highest BCUT2D eigenvalue weighted by molar-refractivity contribution is 5.33. The quantitative estimate of drug-likeness (QED) is 0.482. The van der Waals surface area contributed by atoms with Gasteiger partial charge in [0, 0.05) is 6.54 Å². The molecule has 1 saturated heterocycles. The smallest absolute Gasteiger partial charge is 0.372 e. The number of benzene rings is 2. The molecule has 0 saturated carbocycles. The number of aromatic nitrogens is 4. The van der Waals surface area contributed by atoms with E-state index in [4.69, 9.17) is 4.74 Å². The number of nitrogens with one attached hydrogen (secondary N) is 1. The third-order valence-electron chi connectivity index (χ3n) is 6.46. The van der Waals surface area contributed by atoms with E-state index in [1.165, 1.54) is 6.07 Å². The Morgan fingerprint density at radius 3 is 2.56 bits per heavy atom. The van der Waals surface area contributed by atoms with E-state index >= 15 is 0 Å². The van der Waals surface area contributed by atoms with Crippen molar-refractivity contribution in [1.29, 1.82) is 0 Å². The van der Waals surface area contributed by atoms with E-state index < -0.39 is 30.1 Å². The van der Waals surface area contributed by atoms with Crippen molar-refractivity contribution in [2.45, 2.75) is 57.2 Å². The third kappa shape index (κ3) is 5.12. The fourth-order valence-electron chi connectivity index (χ4n) is 4.47. The summed E-state index contributed by atoms with van der Waals surface area (Å²) in [5, 5.41) is 15.4. The number of rotatable bonds is 7. The van der Waals surface area contributed by atoms with Gasteiger partial charge in [0.2, 0.25) is 0 Å². The molecule has 34 heavy (non-hydrogen) atoms. The van der Waals surface area contributed by atoms with Crippen LogP contribution in [0.3, 0.4) is 0 Å². The molecule has 4 rings (SSSR count). The van der Waals surface area contributed by atoms with E-state index in [1.807, 2.05) is 37.3 Å². The molecule has 0 bridgehead atoms. The lowest BCUT2D eigenvalue weighted by Gasteiger charge is -2.42. The minimum atomic E-state index is -4.56. The Bertz CT molecular complexity index is 1090. The highest BCUT2D eigenvalue weighted by atomic mass is 19.4. The van der Waals surface area contributed by atoms with Crippen LogP contribution in [0.15, 0.2) is 48.5 Å². The number of ether oxygens (including phenoxy) is 1. The molecular formula is C24H27F4N5O. The van der Waals surface area contributed by atoms with Crippen LogP contribution >= 0.6 is 0 Å². The monoisotopic (exact) mass is 477 g/mol. The van der Waals surface area contributed by atoms with E-state index in [-0.39, 0.29) is 18.2 Å². The molecule has 1 aliphatic heterocycles. The van der Waals surface area contributed by atoms with Gasteiger partial charge < -0.3 is 10.1 Å². The zero-order valence-electron chi connectivity index (χ0n) is 19.0. The highest BCUT2D eigenvalue weighted by Gasteiger charge is 2.39. The van der Waals surface area contributed by atoms with Crippen molar-refractivity contribution >= 4 is 0 Å². The molecule has 1 aliphatic rings. The van der Waals surface area contributed by atoms with Gasteiger partial charge in [-0.3, -0.25) is 0 Å². The Morgan fingerprint density at radius 1 is 1.21 bits per heavy atom. The fraction of sp³-hybridized carbons (Fsp3) is 0.458. The van der Waals surface area contributed by atoms with Crippen LogP contribution in [0.2, 0.25) is 0 Å². The Labute approximate surface area is 195 Å². The van der Waals surface area contributed by atoms with Crippen molar-refractivity contribution in [2.75, 3.05) is 13.2 Å². The van der Waals surface area contributed by atoms with Gasteiger partial charge in [0.1, 0.15) is 12.5 Å². The zero-order chi connectivity index (χ0) is 24.3. The van der Waals surface area contributed by atoms with Gasteiger partial charge in [-0.05, 0) is 65.9 Å². The summed E-state index contributed by atoms with van der Waals surface area (Å²) < 4.78 is 61.1. The maximum absolute atomic E-state index is 13.3. The van der Waals surface area contributed by atoms with Crippen LogP contribution in [0.1, 0.15) is 60.0 Å². The lowest BCUT2D eigenvalue weighted by Crippen LogP contribution is -2.52. The van der Waals surface area contributed by atoms with Crippen molar-refractivity contribution in [3.63, 3.8) is 0 Å². The standard InChI is InChI=1S/C24H27F4N5O/c1-16(19-10-18(13-25)11-21(12-19)24(26,27)28)34-15-23(20-6-4-3-5-7-20)9-8-22(14-29-23)33-17(2)30-31-32-33/h3-7,10-12,16,22,29H,8-9,13-15H2,1-2H3/t16?,22-,23-/m1/s1. The average Bonchev–Trinajstić information content (AvgIpc) is 3.28. The summed E-state index contributed by atoms with van der Waals surface area (Å²) in [7, 11) is 0. The van der Waals surface area contributed by atoms with E-state index in [0.717, 1.165) is 29.9 Å². The second-order valence-corrected chi connectivity index (χ2v) is 8.74. The number of nitrogens with zero attached hydrogens (tertiary/aromatic N) is 4. The first kappa shape index (κ1) is 24.3. The van der Waals surface area contributed by atoms with Crippen LogP contribution in [0.4, 0.5) is 17.6 Å². The number of hydrogen-bond donors (Lipinski definition) is 1. The summed E-state index contributed by atoms with van der Waals surface area (Å²) in [5.74, 6) is 0.733. The molecule has 1 unspecified atom stereocenters. The summed E-state index contributed by atoms with van der Waals surface area (Å²) in [6, 6.07) is 13.2. The van der Waals surface area contributed by atoms with E-state index in [2.05, 4.69) is 20.8 Å². The minimum absolute atomic E-state index is 0.0199. The molecule has 182 valence electrons. The van der Waals surface area contributed by atoms with Crippen LogP contribution in [0, 0.1) is 6.92 Å². The molecule has 3 aromatic rings.